The predicted octanol–water partition coefficient (Wildman–Crippen LogP) is 4.32. The number of hydrogen-bond acceptors (Lipinski definition) is 5. The van der Waals surface area contributed by atoms with Gasteiger partial charge in [0.25, 0.3) is 0 Å². The van der Waals surface area contributed by atoms with Gasteiger partial charge >= 0.3 is 0 Å². The Kier molecular flexibility index (Phi) is 6.92. The van der Waals surface area contributed by atoms with Gasteiger partial charge in [-0.2, -0.15) is 0 Å². The number of aromatic nitrogens is 3. The Bertz CT molecular complexity index is 997. The number of benzene rings is 2. The second-order valence-corrected chi connectivity index (χ2v) is 8.97. The zero-order chi connectivity index (χ0) is 21.6. The maximum Gasteiger partial charge on any atom is 0.233 e. The van der Waals surface area contributed by atoms with Crippen molar-refractivity contribution in [3.8, 4) is 5.69 Å². The molecule has 6 nitrogen and oxygen atoms in total. The van der Waals surface area contributed by atoms with Gasteiger partial charge in [0.2, 0.25) is 11.9 Å². The van der Waals surface area contributed by atoms with Gasteiger partial charge in [-0.15, -0.1) is 10.2 Å². The molecular formula is C24H29N5OS. The Labute approximate surface area is 188 Å². The van der Waals surface area contributed by atoms with Crippen LogP contribution >= 0.6 is 11.8 Å². The fourth-order valence-corrected chi connectivity index (χ4v) is 4.64. The van der Waals surface area contributed by atoms with Gasteiger partial charge in [0.1, 0.15) is 0 Å². The summed E-state index contributed by atoms with van der Waals surface area (Å²) in [6.45, 7) is 4.67. The van der Waals surface area contributed by atoms with Crippen molar-refractivity contribution in [2.45, 2.75) is 37.9 Å². The van der Waals surface area contributed by atoms with Crippen molar-refractivity contribution < 1.29 is 4.79 Å². The van der Waals surface area contributed by atoms with E-state index in [-0.39, 0.29) is 5.91 Å². The minimum atomic E-state index is 0.0758. The highest BCUT2D eigenvalue weighted by molar-refractivity contribution is 7.99. The minimum absolute atomic E-state index is 0.0758. The molecule has 162 valence electrons. The summed E-state index contributed by atoms with van der Waals surface area (Å²) in [6, 6.07) is 18.4. The monoisotopic (exact) mass is 435 g/mol. The molecule has 0 spiro atoms. The van der Waals surface area contributed by atoms with E-state index in [0.717, 1.165) is 35.4 Å². The number of nitrogens with zero attached hydrogens (tertiary/aromatic N) is 5. The van der Waals surface area contributed by atoms with Gasteiger partial charge in [-0.25, -0.2) is 0 Å². The van der Waals surface area contributed by atoms with E-state index in [1.165, 1.54) is 36.6 Å². The van der Waals surface area contributed by atoms with Crippen molar-refractivity contribution >= 4 is 23.6 Å². The van der Waals surface area contributed by atoms with Crippen LogP contribution in [0, 0.1) is 6.92 Å². The number of piperidine rings is 1. The Morgan fingerprint density at radius 3 is 2.42 bits per heavy atom. The molecule has 1 amide bonds. The molecule has 4 rings (SSSR count). The molecule has 0 aliphatic carbocycles. The van der Waals surface area contributed by atoms with Gasteiger partial charge < -0.3 is 9.80 Å². The van der Waals surface area contributed by atoms with Gasteiger partial charge in [0.05, 0.1) is 11.4 Å². The van der Waals surface area contributed by atoms with Crippen LogP contribution in [0.4, 0.5) is 5.95 Å². The number of aryl methyl sites for hydroxylation is 1. The molecular weight excluding hydrogens is 406 g/mol. The smallest absolute Gasteiger partial charge is 0.233 e. The third-order valence-electron chi connectivity index (χ3n) is 5.56. The standard InChI is InChI=1S/C24H29N5OS/c1-19-11-13-21(14-12-19)29-23(28-15-7-4-8-16-28)25-26-24(29)31-18-22(30)27(2)17-20-9-5-3-6-10-20/h3,5-6,9-14H,4,7-8,15-18H2,1-2H3. The van der Waals surface area contributed by atoms with Crippen LogP contribution in [0.25, 0.3) is 5.69 Å². The second kappa shape index (κ2) is 10.0. The average Bonchev–Trinajstić information content (AvgIpc) is 3.23. The molecule has 1 fully saturated rings. The summed E-state index contributed by atoms with van der Waals surface area (Å²) >= 11 is 1.45. The lowest BCUT2D eigenvalue weighted by Gasteiger charge is -2.27. The van der Waals surface area contributed by atoms with E-state index in [1.54, 1.807) is 4.90 Å². The van der Waals surface area contributed by atoms with Crippen molar-refractivity contribution in [2.24, 2.45) is 0 Å². The minimum Gasteiger partial charge on any atom is -0.341 e. The average molecular weight is 436 g/mol. The summed E-state index contributed by atoms with van der Waals surface area (Å²) in [4.78, 5) is 16.8. The van der Waals surface area contributed by atoms with Gasteiger partial charge in [0.15, 0.2) is 5.16 Å². The first-order valence-corrected chi connectivity index (χ1v) is 11.8. The third-order valence-corrected chi connectivity index (χ3v) is 6.47. The molecule has 0 radical (unpaired) electrons. The molecule has 31 heavy (non-hydrogen) atoms. The van der Waals surface area contributed by atoms with E-state index < -0.39 is 0 Å². The van der Waals surface area contributed by atoms with Crippen molar-refractivity contribution in [1.82, 2.24) is 19.7 Å². The Morgan fingerprint density at radius 2 is 1.71 bits per heavy atom. The normalized spacial score (nSPS) is 13.9. The van der Waals surface area contributed by atoms with Crippen molar-refractivity contribution in [3.63, 3.8) is 0 Å². The molecule has 0 unspecified atom stereocenters. The highest BCUT2D eigenvalue weighted by Crippen LogP contribution is 2.28. The lowest BCUT2D eigenvalue weighted by atomic mass is 10.1. The molecule has 0 atom stereocenters. The predicted molar refractivity (Wildman–Crippen MR) is 126 cm³/mol. The lowest BCUT2D eigenvalue weighted by molar-refractivity contribution is -0.127. The number of anilines is 1. The Balaban J connectivity index is 1.51. The van der Waals surface area contributed by atoms with Crippen LogP contribution in [-0.2, 0) is 11.3 Å². The molecule has 0 bridgehead atoms. The fourth-order valence-electron chi connectivity index (χ4n) is 3.76. The number of rotatable bonds is 7. The molecule has 0 saturated carbocycles. The Hall–Kier alpha value is -2.80. The quantitative estimate of drug-likeness (QED) is 0.518. The molecule has 1 aliphatic rings. The number of carbonyl (C=O) groups excluding carboxylic acids is 1. The maximum atomic E-state index is 12.8. The highest BCUT2D eigenvalue weighted by Gasteiger charge is 2.22. The maximum absolute atomic E-state index is 12.8. The first kappa shape index (κ1) is 21.4. The summed E-state index contributed by atoms with van der Waals surface area (Å²) in [5.41, 5.74) is 3.37. The summed E-state index contributed by atoms with van der Waals surface area (Å²) in [5.74, 6) is 1.27. The summed E-state index contributed by atoms with van der Waals surface area (Å²) in [6.07, 6.45) is 3.61. The summed E-state index contributed by atoms with van der Waals surface area (Å²) in [5, 5.41) is 9.75. The first-order valence-electron chi connectivity index (χ1n) is 10.8. The van der Waals surface area contributed by atoms with Crippen LogP contribution < -0.4 is 4.90 Å². The van der Waals surface area contributed by atoms with Gasteiger partial charge in [-0.1, -0.05) is 59.8 Å². The molecule has 1 aliphatic heterocycles. The van der Waals surface area contributed by atoms with E-state index >= 15 is 0 Å². The third kappa shape index (κ3) is 5.28. The number of hydrogen-bond donors (Lipinski definition) is 0. The zero-order valence-electron chi connectivity index (χ0n) is 18.2. The van der Waals surface area contributed by atoms with Gasteiger partial charge in [-0.05, 0) is 43.9 Å². The summed E-state index contributed by atoms with van der Waals surface area (Å²) < 4.78 is 2.10. The number of amides is 1. The van der Waals surface area contributed by atoms with Gasteiger partial charge in [0, 0.05) is 26.7 Å². The van der Waals surface area contributed by atoms with Crippen molar-refractivity contribution in [2.75, 3.05) is 30.8 Å². The van der Waals surface area contributed by atoms with E-state index in [1.807, 2.05) is 37.4 Å². The molecule has 3 aromatic rings. The SMILES string of the molecule is Cc1ccc(-n2c(SCC(=O)N(C)Cc3ccccc3)nnc2N2CCCCC2)cc1. The van der Waals surface area contributed by atoms with Crippen LogP contribution in [0.15, 0.2) is 59.8 Å². The lowest BCUT2D eigenvalue weighted by Crippen LogP contribution is -2.31. The molecule has 1 aromatic heterocycles. The molecule has 2 heterocycles. The van der Waals surface area contributed by atoms with E-state index in [0.29, 0.717) is 12.3 Å². The topological polar surface area (TPSA) is 54.3 Å². The van der Waals surface area contributed by atoms with Crippen molar-refractivity contribution in [1.29, 1.82) is 0 Å². The largest absolute Gasteiger partial charge is 0.341 e. The molecule has 7 heteroatoms. The second-order valence-electron chi connectivity index (χ2n) is 8.03. The zero-order valence-corrected chi connectivity index (χ0v) is 19.0. The van der Waals surface area contributed by atoms with Crippen LogP contribution in [-0.4, -0.2) is 51.5 Å². The van der Waals surface area contributed by atoms with Crippen LogP contribution in [0.5, 0.6) is 0 Å². The van der Waals surface area contributed by atoms with E-state index in [2.05, 4.69) is 50.9 Å². The number of thioether (sulfide) groups is 1. The van der Waals surface area contributed by atoms with E-state index in [4.69, 9.17) is 0 Å². The fraction of sp³-hybridized carbons (Fsp3) is 0.375. The first-order chi connectivity index (χ1) is 15.1. The highest BCUT2D eigenvalue weighted by atomic mass is 32.2. The molecule has 0 N–H and O–H groups in total. The molecule has 2 aromatic carbocycles. The van der Waals surface area contributed by atoms with Gasteiger partial charge in [-0.3, -0.25) is 9.36 Å². The molecule has 1 saturated heterocycles. The van der Waals surface area contributed by atoms with E-state index in [9.17, 15) is 4.79 Å². The summed E-state index contributed by atoms with van der Waals surface area (Å²) in [7, 11) is 1.85. The van der Waals surface area contributed by atoms with Crippen LogP contribution in [0.1, 0.15) is 30.4 Å². The Morgan fingerprint density at radius 1 is 1.00 bits per heavy atom. The van der Waals surface area contributed by atoms with Crippen LogP contribution in [0.2, 0.25) is 0 Å². The van der Waals surface area contributed by atoms with Crippen LogP contribution in [0.3, 0.4) is 0 Å². The van der Waals surface area contributed by atoms with Crippen molar-refractivity contribution in [3.05, 3.63) is 65.7 Å². The number of carbonyl (C=O) groups is 1.